The van der Waals surface area contributed by atoms with Gasteiger partial charge < -0.3 is 15.7 Å². The Morgan fingerprint density at radius 1 is 1.22 bits per heavy atom. The van der Waals surface area contributed by atoms with E-state index in [-0.39, 0.29) is 41.8 Å². The summed E-state index contributed by atoms with van der Waals surface area (Å²) in [6.45, 7) is 5.77. The van der Waals surface area contributed by atoms with E-state index in [0.717, 1.165) is 37.9 Å². The second-order valence-electron chi connectivity index (χ2n) is 8.25. The van der Waals surface area contributed by atoms with Crippen molar-refractivity contribution in [1.29, 1.82) is 0 Å². The van der Waals surface area contributed by atoms with Crippen LogP contribution >= 0.6 is 0 Å². The van der Waals surface area contributed by atoms with E-state index in [1.807, 2.05) is 19.9 Å². The number of carboxylic acid groups (broad SMARTS) is 1. The molecule has 178 valence electrons. The third kappa shape index (κ3) is 7.30. The van der Waals surface area contributed by atoms with Crippen molar-refractivity contribution in [3.05, 3.63) is 29.3 Å². The van der Waals surface area contributed by atoms with Gasteiger partial charge in [0.2, 0.25) is 5.91 Å². The van der Waals surface area contributed by atoms with Gasteiger partial charge in [-0.2, -0.15) is 0 Å². The van der Waals surface area contributed by atoms with Gasteiger partial charge in [-0.3, -0.25) is 19.3 Å². The zero-order valence-corrected chi connectivity index (χ0v) is 19.5. The molecule has 0 saturated carbocycles. The summed E-state index contributed by atoms with van der Waals surface area (Å²) in [6, 6.07) is 5.45. The van der Waals surface area contributed by atoms with Gasteiger partial charge in [0.1, 0.15) is 0 Å². The summed E-state index contributed by atoms with van der Waals surface area (Å²) in [4.78, 5) is 35.5. The number of hydrogen-bond acceptors (Lipinski definition) is 6. The fourth-order valence-electron chi connectivity index (χ4n) is 4.06. The molecule has 3 N–H and O–H groups in total. The molecule has 9 nitrogen and oxygen atoms in total. The number of carbonyl (C=O) groups excluding carboxylic acids is 2. The van der Waals surface area contributed by atoms with E-state index in [2.05, 4.69) is 15.5 Å². The van der Waals surface area contributed by atoms with Crippen molar-refractivity contribution in [3.8, 4) is 0 Å². The molecular weight excluding hydrogens is 434 g/mol. The first kappa shape index (κ1) is 25.8. The van der Waals surface area contributed by atoms with Crippen LogP contribution in [0.25, 0.3) is 0 Å². The Balaban J connectivity index is 0.00000114. The lowest BCUT2D eigenvalue weighted by atomic mass is 9.94. The number of likely N-dealkylation sites (tertiary alicyclic amines) is 1. The van der Waals surface area contributed by atoms with Crippen LogP contribution in [-0.4, -0.2) is 73.9 Å². The molecule has 0 bridgehead atoms. The smallest absolute Gasteiger partial charge is 0.290 e. The van der Waals surface area contributed by atoms with E-state index in [1.165, 1.54) is 0 Å². The molecule has 32 heavy (non-hydrogen) atoms. The second-order valence-corrected chi connectivity index (χ2v) is 10.5. The van der Waals surface area contributed by atoms with Crippen LogP contribution in [0.4, 0.5) is 5.69 Å². The highest BCUT2D eigenvalue weighted by Crippen LogP contribution is 2.26. The number of nitrogens with zero attached hydrogens (tertiary/aromatic N) is 1. The summed E-state index contributed by atoms with van der Waals surface area (Å²) in [5.41, 5.74) is 2.12. The monoisotopic (exact) mass is 467 g/mol. The molecule has 2 amide bonds. The molecule has 1 aromatic carbocycles. The lowest BCUT2D eigenvalue weighted by Crippen LogP contribution is -2.44. The zero-order chi connectivity index (χ0) is 23.7. The van der Waals surface area contributed by atoms with Gasteiger partial charge in [-0.05, 0) is 63.4 Å². The number of benzene rings is 1. The Hall–Kier alpha value is -2.46. The Labute approximate surface area is 189 Å². The SMILES string of the molecule is CCCNC(=O)c1ccc(C)c(NC(=O)C2CCN(C3CCS(=O)(=O)C3)CC2)c1.O=CO. The van der Waals surface area contributed by atoms with Crippen molar-refractivity contribution in [2.24, 2.45) is 5.92 Å². The third-order valence-electron chi connectivity index (χ3n) is 5.92. The third-order valence-corrected chi connectivity index (χ3v) is 7.67. The zero-order valence-electron chi connectivity index (χ0n) is 18.7. The van der Waals surface area contributed by atoms with Crippen LogP contribution in [0.15, 0.2) is 18.2 Å². The number of amides is 2. The summed E-state index contributed by atoms with van der Waals surface area (Å²) >= 11 is 0. The lowest BCUT2D eigenvalue weighted by Gasteiger charge is -2.35. The molecule has 2 saturated heterocycles. The molecule has 1 unspecified atom stereocenters. The number of carbonyl (C=O) groups is 3. The predicted octanol–water partition coefficient (Wildman–Crippen LogP) is 1.67. The molecule has 1 aromatic rings. The van der Waals surface area contributed by atoms with Crippen LogP contribution < -0.4 is 10.6 Å². The van der Waals surface area contributed by atoms with Crippen molar-refractivity contribution in [1.82, 2.24) is 10.2 Å². The van der Waals surface area contributed by atoms with E-state index in [0.29, 0.717) is 24.2 Å². The minimum Gasteiger partial charge on any atom is -0.483 e. The summed E-state index contributed by atoms with van der Waals surface area (Å²) < 4.78 is 23.4. The van der Waals surface area contributed by atoms with Crippen LogP contribution in [0, 0.1) is 12.8 Å². The minimum atomic E-state index is -2.89. The maximum absolute atomic E-state index is 12.8. The average molecular weight is 468 g/mol. The van der Waals surface area contributed by atoms with Gasteiger partial charge in [0, 0.05) is 29.8 Å². The quantitative estimate of drug-likeness (QED) is 0.542. The van der Waals surface area contributed by atoms with Crippen LogP contribution in [0.3, 0.4) is 0 Å². The highest BCUT2D eigenvalue weighted by atomic mass is 32.2. The number of hydrogen-bond donors (Lipinski definition) is 3. The number of nitrogens with one attached hydrogen (secondary N) is 2. The first-order valence-corrected chi connectivity index (χ1v) is 12.7. The van der Waals surface area contributed by atoms with Gasteiger partial charge in [-0.15, -0.1) is 0 Å². The first-order valence-electron chi connectivity index (χ1n) is 10.9. The van der Waals surface area contributed by atoms with E-state index in [1.54, 1.807) is 12.1 Å². The summed E-state index contributed by atoms with van der Waals surface area (Å²) in [6.07, 6.45) is 3.01. The van der Waals surface area contributed by atoms with E-state index in [4.69, 9.17) is 9.90 Å². The highest BCUT2D eigenvalue weighted by Gasteiger charge is 2.35. The molecule has 0 aliphatic carbocycles. The summed E-state index contributed by atoms with van der Waals surface area (Å²) in [5.74, 6) is 0.261. The molecule has 1 atom stereocenters. The molecule has 2 aliphatic rings. The molecule has 0 spiro atoms. The normalized spacial score (nSPS) is 20.6. The topological polar surface area (TPSA) is 133 Å². The Kier molecular flexibility index (Phi) is 9.64. The predicted molar refractivity (Wildman–Crippen MR) is 122 cm³/mol. The second kappa shape index (κ2) is 12.0. The average Bonchev–Trinajstić information content (AvgIpc) is 3.14. The Morgan fingerprint density at radius 3 is 2.44 bits per heavy atom. The lowest BCUT2D eigenvalue weighted by molar-refractivity contribution is -0.123. The van der Waals surface area contributed by atoms with E-state index < -0.39 is 9.84 Å². The molecule has 2 heterocycles. The fraction of sp³-hybridized carbons (Fsp3) is 0.591. The molecule has 10 heteroatoms. The van der Waals surface area contributed by atoms with Gasteiger partial charge in [0.25, 0.3) is 12.4 Å². The largest absolute Gasteiger partial charge is 0.483 e. The van der Waals surface area contributed by atoms with Crippen LogP contribution in [0.1, 0.15) is 48.5 Å². The van der Waals surface area contributed by atoms with Crippen molar-refractivity contribution in [2.45, 2.75) is 45.6 Å². The van der Waals surface area contributed by atoms with Crippen molar-refractivity contribution in [2.75, 3.05) is 36.5 Å². The molecular formula is C22H33N3O6S. The molecule has 2 aliphatic heterocycles. The van der Waals surface area contributed by atoms with Crippen molar-refractivity contribution in [3.63, 3.8) is 0 Å². The molecule has 0 aromatic heterocycles. The number of sulfone groups is 1. The number of rotatable bonds is 6. The molecule has 2 fully saturated rings. The Morgan fingerprint density at radius 2 is 1.88 bits per heavy atom. The number of piperidine rings is 1. The standard InChI is InChI=1S/C21H31N3O4S.CH2O2/c1-3-9-22-20(25)17-5-4-15(2)19(13-17)23-21(26)16-6-10-24(11-7-16)18-8-12-29(27,28)14-18;2-1-3/h4-5,13,16,18H,3,6-12,14H2,1-2H3,(H,22,25)(H,23,26);1H,(H,2,3). The van der Waals surface area contributed by atoms with Gasteiger partial charge in [-0.1, -0.05) is 13.0 Å². The Bertz CT molecular complexity index is 910. The van der Waals surface area contributed by atoms with Crippen LogP contribution in [-0.2, 0) is 19.4 Å². The van der Waals surface area contributed by atoms with Gasteiger partial charge in [-0.25, -0.2) is 8.42 Å². The van der Waals surface area contributed by atoms with Gasteiger partial charge in [0.05, 0.1) is 11.5 Å². The maximum atomic E-state index is 12.8. The number of aryl methyl sites for hydroxylation is 1. The summed E-state index contributed by atoms with van der Waals surface area (Å²) in [5, 5.41) is 12.7. The van der Waals surface area contributed by atoms with Crippen molar-refractivity contribution < 1.29 is 27.9 Å². The molecule has 0 radical (unpaired) electrons. The fourth-order valence-corrected chi connectivity index (χ4v) is 5.83. The van der Waals surface area contributed by atoms with Gasteiger partial charge >= 0.3 is 0 Å². The number of anilines is 1. The minimum absolute atomic E-state index is 0.0297. The van der Waals surface area contributed by atoms with Gasteiger partial charge in [0.15, 0.2) is 9.84 Å². The van der Waals surface area contributed by atoms with Crippen LogP contribution in [0.2, 0.25) is 0 Å². The van der Waals surface area contributed by atoms with E-state index >= 15 is 0 Å². The summed E-state index contributed by atoms with van der Waals surface area (Å²) in [7, 11) is -2.89. The van der Waals surface area contributed by atoms with Crippen molar-refractivity contribution >= 4 is 33.8 Å². The maximum Gasteiger partial charge on any atom is 0.290 e. The van der Waals surface area contributed by atoms with Crippen LogP contribution in [0.5, 0.6) is 0 Å². The van der Waals surface area contributed by atoms with E-state index in [9.17, 15) is 18.0 Å². The highest BCUT2D eigenvalue weighted by molar-refractivity contribution is 7.91. The molecule has 3 rings (SSSR count). The first-order chi connectivity index (χ1) is 15.2.